The number of ether oxygens (including phenoxy) is 1. The molecule has 1 aliphatic carbocycles. The van der Waals surface area contributed by atoms with E-state index in [4.69, 9.17) is 10.5 Å². The minimum absolute atomic E-state index is 0.0406. The van der Waals surface area contributed by atoms with E-state index in [1.54, 1.807) is 6.92 Å². The second-order valence-corrected chi connectivity index (χ2v) is 5.78. The van der Waals surface area contributed by atoms with Crippen molar-refractivity contribution in [1.82, 2.24) is 0 Å². The van der Waals surface area contributed by atoms with Crippen molar-refractivity contribution in [2.75, 3.05) is 7.11 Å². The van der Waals surface area contributed by atoms with Gasteiger partial charge < -0.3 is 10.5 Å². The molecule has 0 radical (unpaired) electrons. The smallest absolute Gasteiger partial charge is 0.226 e. The maximum Gasteiger partial charge on any atom is 0.226 e. The Balaban J connectivity index is 2.86. The quantitative estimate of drug-likeness (QED) is 0.603. The summed E-state index contributed by atoms with van der Waals surface area (Å²) in [6.07, 6.45) is 6.53. The van der Waals surface area contributed by atoms with Crippen molar-refractivity contribution in [2.45, 2.75) is 47.0 Å². The first-order chi connectivity index (χ1) is 10.3. The fourth-order valence-corrected chi connectivity index (χ4v) is 2.29. The van der Waals surface area contributed by atoms with Gasteiger partial charge in [-0.3, -0.25) is 9.59 Å². The third-order valence-corrected chi connectivity index (χ3v) is 3.71. The Labute approximate surface area is 132 Å². The fourth-order valence-electron chi connectivity index (χ4n) is 2.29. The summed E-state index contributed by atoms with van der Waals surface area (Å²) in [7, 11) is 1.35. The normalized spacial score (nSPS) is 16.3. The predicted molar refractivity (Wildman–Crippen MR) is 88.0 cm³/mol. The second kappa shape index (κ2) is 7.78. The van der Waals surface area contributed by atoms with Crippen molar-refractivity contribution in [2.24, 2.45) is 5.73 Å². The summed E-state index contributed by atoms with van der Waals surface area (Å²) in [6.45, 7) is 7.82. The highest BCUT2D eigenvalue weighted by Gasteiger charge is 2.31. The Morgan fingerprint density at radius 2 is 1.77 bits per heavy atom. The molecule has 0 aromatic heterocycles. The number of ketones is 2. The van der Waals surface area contributed by atoms with E-state index in [1.807, 2.05) is 13.0 Å². The van der Waals surface area contributed by atoms with Gasteiger partial charge in [-0.15, -0.1) is 0 Å². The van der Waals surface area contributed by atoms with Gasteiger partial charge in [0.05, 0.1) is 7.11 Å². The highest BCUT2D eigenvalue weighted by atomic mass is 16.5. The number of carbonyl (C=O) groups excluding carboxylic acids is 2. The molecule has 0 saturated carbocycles. The van der Waals surface area contributed by atoms with Crippen LogP contribution in [0.3, 0.4) is 0 Å². The first-order valence-electron chi connectivity index (χ1n) is 7.41. The lowest BCUT2D eigenvalue weighted by Crippen LogP contribution is -2.28. The maximum atomic E-state index is 12.3. The molecule has 0 amide bonds. The highest BCUT2D eigenvalue weighted by Crippen LogP contribution is 2.25. The van der Waals surface area contributed by atoms with Crippen LogP contribution >= 0.6 is 0 Å². The van der Waals surface area contributed by atoms with Crippen LogP contribution in [0.15, 0.2) is 45.9 Å². The topological polar surface area (TPSA) is 69.4 Å². The summed E-state index contributed by atoms with van der Waals surface area (Å²) < 4.78 is 4.98. The maximum absolute atomic E-state index is 12.3. The van der Waals surface area contributed by atoms with Gasteiger partial charge in [-0.25, -0.2) is 0 Å². The summed E-state index contributed by atoms with van der Waals surface area (Å²) >= 11 is 0. The fraction of sp³-hybridized carbons (Fsp3) is 0.444. The van der Waals surface area contributed by atoms with E-state index in [-0.39, 0.29) is 23.0 Å². The second-order valence-electron chi connectivity index (χ2n) is 5.78. The van der Waals surface area contributed by atoms with Crippen LogP contribution in [-0.2, 0) is 14.3 Å². The molecule has 0 atom stereocenters. The van der Waals surface area contributed by atoms with Gasteiger partial charge in [0.2, 0.25) is 11.6 Å². The van der Waals surface area contributed by atoms with Gasteiger partial charge in [-0.05, 0) is 47.0 Å². The minimum atomic E-state index is -0.318. The summed E-state index contributed by atoms with van der Waals surface area (Å²) in [5.74, 6) is -0.645. The number of allylic oxidation sites excluding steroid dienone is 6. The molecule has 1 aliphatic rings. The first kappa shape index (κ1) is 18.0. The molecule has 4 nitrogen and oxygen atoms in total. The number of carbonyl (C=O) groups is 2. The van der Waals surface area contributed by atoms with E-state index >= 15 is 0 Å². The Kier molecular flexibility index (Phi) is 6.35. The van der Waals surface area contributed by atoms with E-state index in [1.165, 1.54) is 18.3 Å². The average Bonchev–Trinajstić information content (AvgIpc) is 2.45. The number of hydrogen-bond donors (Lipinski definition) is 1. The lowest BCUT2D eigenvalue weighted by Gasteiger charge is -2.18. The zero-order valence-corrected chi connectivity index (χ0v) is 14.1. The third kappa shape index (κ3) is 4.20. The van der Waals surface area contributed by atoms with Crippen LogP contribution in [0.25, 0.3) is 0 Å². The van der Waals surface area contributed by atoms with Crippen molar-refractivity contribution >= 4 is 11.6 Å². The van der Waals surface area contributed by atoms with Gasteiger partial charge in [0.25, 0.3) is 0 Å². The average molecular weight is 303 g/mol. The number of methoxy groups -OCH3 is 1. The van der Waals surface area contributed by atoms with Gasteiger partial charge in [-0.1, -0.05) is 23.3 Å². The Morgan fingerprint density at radius 3 is 2.32 bits per heavy atom. The van der Waals surface area contributed by atoms with E-state index in [2.05, 4.69) is 19.9 Å². The molecule has 22 heavy (non-hydrogen) atoms. The monoisotopic (exact) mass is 303 g/mol. The molecular weight excluding hydrogens is 278 g/mol. The molecule has 0 aromatic carbocycles. The molecule has 0 heterocycles. The largest absolute Gasteiger partial charge is 0.491 e. The molecule has 0 aliphatic heterocycles. The summed E-state index contributed by atoms with van der Waals surface area (Å²) in [4.78, 5) is 24.4. The summed E-state index contributed by atoms with van der Waals surface area (Å²) in [5.41, 5.74) is 8.93. The third-order valence-electron chi connectivity index (χ3n) is 3.71. The van der Waals surface area contributed by atoms with Crippen LogP contribution < -0.4 is 5.73 Å². The Morgan fingerprint density at radius 1 is 1.14 bits per heavy atom. The molecule has 0 aromatic rings. The van der Waals surface area contributed by atoms with Gasteiger partial charge >= 0.3 is 0 Å². The molecule has 0 bridgehead atoms. The standard InChI is InChI=1S/C18H25NO3/c1-11(2)7-6-8-12(3)9-10-14-13(4)16(20)15(19)18(22-5)17(14)21/h7,9H,6,8,10,19H2,1-5H3/b12-9+. The molecular formula is C18H25NO3. The van der Waals surface area contributed by atoms with Crippen LogP contribution in [0, 0.1) is 0 Å². The Bertz CT molecular complexity index is 600. The summed E-state index contributed by atoms with van der Waals surface area (Å²) in [5, 5.41) is 0. The summed E-state index contributed by atoms with van der Waals surface area (Å²) in [6, 6.07) is 0. The number of hydrogen-bond acceptors (Lipinski definition) is 4. The first-order valence-corrected chi connectivity index (χ1v) is 7.41. The molecule has 120 valence electrons. The van der Waals surface area contributed by atoms with Gasteiger partial charge in [0.15, 0.2) is 5.76 Å². The van der Waals surface area contributed by atoms with Gasteiger partial charge in [0, 0.05) is 11.1 Å². The van der Waals surface area contributed by atoms with Crippen molar-refractivity contribution < 1.29 is 14.3 Å². The van der Waals surface area contributed by atoms with E-state index < -0.39 is 0 Å². The van der Waals surface area contributed by atoms with Crippen molar-refractivity contribution in [1.29, 1.82) is 0 Å². The van der Waals surface area contributed by atoms with Gasteiger partial charge in [0.1, 0.15) is 5.70 Å². The molecule has 4 heteroatoms. The number of Topliss-reactive ketones (excluding diaryl/α,β-unsaturated/α-hetero) is 2. The molecule has 2 N–H and O–H groups in total. The zero-order valence-electron chi connectivity index (χ0n) is 14.1. The molecule has 1 rings (SSSR count). The van der Waals surface area contributed by atoms with Crippen LogP contribution in [-0.4, -0.2) is 18.7 Å². The van der Waals surface area contributed by atoms with Crippen molar-refractivity contribution in [3.63, 3.8) is 0 Å². The Hall–Kier alpha value is -2.10. The lowest BCUT2D eigenvalue weighted by molar-refractivity contribution is -0.118. The molecule has 0 saturated heterocycles. The van der Waals surface area contributed by atoms with Gasteiger partial charge in [-0.2, -0.15) is 0 Å². The molecule has 0 spiro atoms. The van der Waals surface area contributed by atoms with Crippen LogP contribution in [0.5, 0.6) is 0 Å². The van der Waals surface area contributed by atoms with Crippen LogP contribution in [0.2, 0.25) is 0 Å². The highest BCUT2D eigenvalue weighted by molar-refractivity contribution is 6.23. The minimum Gasteiger partial charge on any atom is -0.491 e. The lowest BCUT2D eigenvalue weighted by atomic mass is 9.90. The van der Waals surface area contributed by atoms with E-state index in [0.29, 0.717) is 17.6 Å². The molecule has 0 unspecified atom stereocenters. The van der Waals surface area contributed by atoms with Crippen LogP contribution in [0.1, 0.15) is 47.0 Å². The number of nitrogens with two attached hydrogens (primary N) is 1. The van der Waals surface area contributed by atoms with E-state index in [0.717, 1.165) is 12.8 Å². The van der Waals surface area contributed by atoms with Crippen molar-refractivity contribution in [3.05, 3.63) is 45.9 Å². The van der Waals surface area contributed by atoms with E-state index in [9.17, 15) is 9.59 Å². The van der Waals surface area contributed by atoms with Crippen molar-refractivity contribution in [3.8, 4) is 0 Å². The molecule has 0 fully saturated rings. The zero-order chi connectivity index (χ0) is 16.9. The SMILES string of the molecule is COC1=C(N)C(=O)C(C)=C(C/C=C(\C)CCC=C(C)C)C1=O. The van der Waals surface area contributed by atoms with Crippen LogP contribution in [0.4, 0.5) is 0 Å². The number of rotatable bonds is 6. The predicted octanol–water partition coefficient (Wildman–Crippen LogP) is 3.35.